The van der Waals surface area contributed by atoms with Crippen LogP contribution in [0.1, 0.15) is 24.8 Å². The lowest BCUT2D eigenvalue weighted by Crippen LogP contribution is -2.46. The maximum atomic E-state index is 11.9. The number of nitro groups is 1. The van der Waals surface area contributed by atoms with E-state index in [1.54, 1.807) is 18.2 Å². The summed E-state index contributed by atoms with van der Waals surface area (Å²) in [6, 6.07) is 6.28. The summed E-state index contributed by atoms with van der Waals surface area (Å²) in [6.07, 6.45) is 2.95. The highest BCUT2D eigenvalue weighted by Crippen LogP contribution is 2.17. The molecule has 1 aliphatic heterocycles. The number of carbonyl (C=O) groups is 1. The van der Waals surface area contributed by atoms with Crippen molar-refractivity contribution < 1.29 is 9.72 Å². The minimum Gasteiger partial charge on any atom is -0.350 e. The lowest BCUT2D eigenvalue weighted by atomic mass is 10.0. The number of amides is 1. The van der Waals surface area contributed by atoms with Gasteiger partial charge < -0.3 is 10.6 Å². The molecule has 1 atom stereocenters. The van der Waals surface area contributed by atoms with Gasteiger partial charge >= 0.3 is 0 Å². The number of para-hydroxylation sites is 1. The van der Waals surface area contributed by atoms with Crippen LogP contribution < -0.4 is 10.6 Å². The largest absolute Gasteiger partial charge is 0.350 e. The zero-order valence-electron chi connectivity index (χ0n) is 11.0. The summed E-state index contributed by atoms with van der Waals surface area (Å²) in [5.74, 6) is -0.0853. The Morgan fingerprint density at radius 2 is 2.15 bits per heavy atom. The van der Waals surface area contributed by atoms with E-state index in [0.29, 0.717) is 5.56 Å². The Hall–Kier alpha value is -1.66. The Balaban J connectivity index is 0.00000200. The van der Waals surface area contributed by atoms with Crippen molar-refractivity contribution in [2.24, 2.45) is 0 Å². The average Bonchev–Trinajstić information content (AvgIpc) is 2.46. The first kappa shape index (κ1) is 16.4. The topological polar surface area (TPSA) is 84.3 Å². The SMILES string of the molecule is Cl.O=C(NCc1ccccc1[N+](=O)[O-])C1CCCCN1. The molecule has 1 aromatic carbocycles. The quantitative estimate of drug-likeness (QED) is 0.655. The Morgan fingerprint density at radius 3 is 2.80 bits per heavy atom. The average molecular weight is 300 g/mol. The lowest BCUT2D eigenvalue weighted by molar-refractivity contribution is -0.385. The second kappa shape index (κ2) is 7.81. The summed E-state index contributed by atoms with van der Waals surface area (Å²) in [4.78, 5) is 22.3. The fraction of sp³-hybridized carbons (Fsp3) is 0.462. The Morgan fingerprint density at radius 1 is 1.40 bits per heavy atom. The first-order valence-electron chi connectivity index (χ1n) is 6.42. The number of rotatable bonds is 4. The Kier molecular flexibility index (Phi) is 6.41. The number of piperidine rings is 1. The number of hydrogen-bond donors (Lipinski definition) is 2. The summed E-state index contributed by atoms with van der Waals surface area (Å²) < 4.78 is 0. The first-order valence-corrected chi connectivity index (χ1v) is 6.42. The van der Waals surface area contributed by atoms with Crippen LogP contribution in [0.5, 0.6) is 0 Å². The summed E-state index contributed by atoms with van der Waals surface area (Å²) >= 11 is 0. The third kappa shape index (κ3) is 4.18. The number of benzene rings is 1. The highest BCUT2D eigenvalue weighted by atomic mass is 35.5. The highest BCUT2D eigenvalue weighted by Gasteiger charge is 2.21. The molecule has 1 aliphatic rings. The van der Waals surface area contributed by atoms with Gasteiger partial charge in [-0.25, -0.2) is 0 Å². The molecule has 0 spiro atoms. The highest BCUT2D eigenvalue weighted by molar-refractivity contribution is 5.85. The number of carbonyl (C=O) groups excluding carboxylic acids is 1. The van der Waals surface area contributed by atoms with Crippen molar-refractivity contribution >= 4 is 24.0 Å². The molecule has 1 saturated heterocycles. The van der Waals surface area contributed by atoms with E-state index in [4.69, 9.17) is 0 Å². The van der Waals surface area contributed by atoms with Crippen LogP contribution in [0.15, 0.2) is 24.3 Å². The fourth-order valence-corrected chi connectivity index (χ4v) is 2.22. The zero-order chi connectivity index (χ0) is 13.7. The molecule has 2 N–H and O–H groups in total. The zero-order valence-corrected chi connectivity index (χ0v) is 11.8. The molecule has 1 amide bonds. The number of nitro benzene ring substituents is 1. The van der Waals surface area contributed by atoms with Gasteiger partial charge in [0.2, 0.25) is 5.91 Å². The molecule has 6 nitrogen and oxygen atoms in total. The van der Waals surface area contributed by atoms with Gasteiger partial charge in [-0.2, -0.15) is 0 Å². The van der Waals surface area contributed by atoms with E-state index in [2.05, 4.69) is 10.6 Å². The summed E-state index contributed by atoms with van der Waals surface area (Å²) in [6.45, 7) is 1.04. The van der Waals surface area contributed by atoms with Gasteiger partial charge in [-0.1, -0.05) is 24.6 Å². The van der Waals surface area contributed by atoms with E-state index in [-0.39, 0.29) is 36.6 Å². The predicted octanol–water partition coefficient (Wildman–Crippen LogP) is 1.77. The second-order valence-electron chi connectivity index (χ2n) is 4.61. The normalized spacial score (nSPS) is 17.9. The summed E-state index contributed by atoms with van der Waals surface area (Å²) in [5, 5.41) is 16.8. The maximum Gasteiger partial charge on any atom is 0.274 e. The number of nitrogens with one attached hydrogen (secondary N) is 2. The Labute approximate surface area is 123 Å². The molecule has 1 heterocycles. The van der Waals surface area contributed by atoms with Crippen LogP contribution in [0.4, 0.5) is 5.69 Å². The van der Waals surface area contributed by atoms with Crippen molar-refractivity contribution in [1.29, 1.82) is 0 Å². The fourth-order valence-electron chi connectivity index (χ4n) is 2.22. The summed E-state index contributed by atoms with van der Waals surface area (Å²) in [7, 11) is 0. The van der Waals surface area contributed by atoms with Crippen LogP contribution in [-0.4, -0.2) is 23.4 Å². The van der Waals surface area contributed by atoms with Crippen molar-refractivity contribution in [3.05, 3.63) is 39.9 Å². The van der Waals surface area contributed by atoms with Crippen molar-refractivity contribution in [3.63, 3.8) is 0 Å². The Bertz CT molecular complexity index is 476. The van der Waals surface area contributed by atoms with Gasteiger partial charge in [0.25, 0.3) is 5.69 Å². The molecular formula is C13H18ClN3O3. The molecule has 1 unspecified atom stereocenters. The maximum absolute atomic E-state index is 11.9. The minimum absolute atomic E-state index is 0. The molecule has 1 fully saturated rings. The number of halogens is 1. The first-order chi connectivity index (χ1) is 9.18. The van der Waals surface area contributed by atoms with E-state index in [9.17, 15) is 14.9 Å². The van der Waals surface area contributed by atoms with Gasteiger partial charge in [-0.05, 0) is 19.4 Å². The molecule has 0 aromatic heterocycles. The number of hydrogen-bond acceptors (Lipinski definition) is 4. The lowest BCUT2D eigenvalue weighted by Gasteiger charge is -2.22. The van der Waals surface area contributed by atoms with Gasteiger partial charge in [-0.15, -0.1) is 12.4 Å². The van der Waals surface area contributed by atoms with E-state index >= 15 is 0 Å². The van der Waals surface area contributed by atoms with E-state index in [1.165, 1.54) is 6.07 Å². The van der Waals surface area contributed by atoms with Gasteiger partial charge in [0, 0.05) is 18.2 Å². The van der Waals surface area contributed by atoms with Gasteiger partial charge in [0.15, 0.2) is 0 Å². The monoisotopic (exact) mass is 299 g/mol. The van der Waals surface area contributed by atoms with Crippen LogP contribution >= 0.6 is 12.4 Å². The van der Waals surface area contributed by atoms with Crippen LogP contribution in [0, 0.1) is 10.1 Å². The van der Waals surface area contributed by atoms with Crippen molar-refractivity contribution in [1.82, 2.24) is 10.6 Å². The third-order valence-corrected chi connectivity index (χ3v) is 3.27. The van der Waals surface area contributed by atoms with Crippen molar-refractivity contribution in [2.75, 3.05) is 6.54 Å². The predicted molar refractivity (Wildman–Crippen MR) is 77.8 cm³/mol. The van der Waals surface area contributed by atoms with Crippen LogP contribution in [0.3, 0.4) is 0 Å². The molecule has 7 heteroatoms. The molecule has 0 bridgehead atoms. The number of nitrogens with zero attached hydrogens (tertiary/aromatic N) is 1. The van der Waals surface area contributed by atoms with Crippen molar-refractivity contribution in [3.8, 4) is 0 Å². The standard InChI is InChI=1S/C13H17N3O3.ClH/c17-13(11-6-3-4-8-14-11)15-9-10-5-1-2-7-12(10)16(18)19;/h1-2,5,7,11,14H,3-4,6,8-9H2,(H,15,17);1H. The molecule has 0 aliphatic carbocycles. The van der Waals surface area contributed by atoms with Gasteiger partial charge in [0.1, 0.15) is 0 Å². The van der Waals surface area contributed by atoms with Crippen LogP contribution in [-0.2, 0) is 11.3 Å². The molecular weight excluding hydrogens is 282 g/mol. The van der Waals surface area contributed by atoms with Crippen molar-refractivity contribution in [2.45, 2.75) is 31.8 Å². The van der Waals surface area contributed by atoms with Gasteiger partial charge in [0.05, 0.1) is 11.0 Å². The van der Waals surface area contributed by atoms with Gasteiger partial charge in [-0.3, -0.25) is 14.9 Å². The summed E-state index contributed by atoms with van der Waals surface area (Å²) in [5.41, 5.74) is 0.566. The smallest absolute Gasteiger partial charge is 0.274 e. The molecule has 1 aromatic rings. The molecule has 0 saturated carbocycles. The molecule has 2 rings (SSSR count). The minimum atomic E-state index is -0.430. The van der Waals surface area contributed by atoms with E-state index in [1.807, 2.05) is 0 Å². The second-order valence-corrected chi connectivity index (χ2v) is 4.61. The molecule has 0 radical (unpaired) electrons. The van der Waals surface area contributed by atoms with E-state index in [0.717, 1.165) is 25.8 Å². The van der Waals surface area contributed by atoms with E-state index < -0.39 is 4.92 Å². The molecule has 110 valence electrons. The van der Waals surface area contributed by atoms with Crippen LogP contribution in [0.25, 0.3) is 0 Å². The third-order valence-electron chi connectivity index (χ3n) is 3.27. The molecule has 20 heavy (non-hydrogen) atoms. The van der Waals surface area contributed by atoms with Crippen LogP contribution in [0.2, 0.25) is 0 Å².